The van der Waals surface area contributed by atoms with E-state index in [1.165, 1.54) is 0 Å². The number of carbonyl (C=O) groups is 3. The molecule has 2 aromatic rings. The van der Waals surface area contributed by atoms with Gasteiger partial charge in [-0.1, -0.05) is 27.7 Å². The standard InChI is InChI=1S/C33H44N4O7/c1-8-27(32(40)41)44-21-10-11-36(17-21)25-13-19(12-24(29(25)42-7)33(3,4)5)26(38)18-37-16-20-14-28(43-9-2)23(31(39)35-6)15-22(20)30(37)34/h12-15,21,27,34H,8-11,16-18H2,1-7H3,(H,35,39)(H,40,41). The number of rotatable bonds is 12. The van der Waals surface area contributed by atoms with E-state index in [4.69, 9.17) is 19.6 Å². The molecule has 1 saturated heterocycles. The number of nitrogens with one attached hydrogen (secondary N) is 2. The Morgan fingerprint density at radius 1 is 1.16 bits per heavy atom. The Balaban J connectivity index is 1.62. The summed E-state index contributed by atoms with van der Waals surface area (Å²) >= 11 is 0. The average molecular weight is 609 g/mol. The van der Waals surface area contributed by atoms with Gasteiger partial charge in [-0.15, -0.1) is 0 Å². The van der Waals surface area contributed by atoms with Crippen molar-refractivity contribution < 1.29 is 33.7 Å². The largest absolute Gasteiger partial charge is 0.494 e. The van der Waals surface area contributed by atoms with Crippen LogP contribution in [0.5, 0.6) is 11.5 Å². The number of amidine groups is 1. The van der Waals surface area contributed by atoms with E-state index in [0.29, 0.717) is 67.3 Å². The predicted octanol–water partition coefficient (Wildman–Crippen LogP) is 4.23. The van der Waals surface area contributed by atoms with Gasteiger partial charge in [0.25, 0.3) is 5.91 Å². The molecule has 1 amide bonds. The maximum Gasteiger partial charge on any atom is 0.332 e. The molecule has 3 N–H and O–H groups in total. The number of ketones is 1. The third kappa shape index (κ3) is 6.67. The van der Waals surface area contributed by atoms with Gasteiger partial charge in [0.05, 0.1) is 37.6 Å². The highest BCUT2D eigenvalue weighted by Gasteiger charge is 2.34. The molecule has 1 fully saturated rings. The number of Topliss-reactive ketones (excluding diaryl/α,β-unsaturated/α-hetero) is 1. The van der Waals surface area contributed by atoms with Crippen molar-refractivity contribution in [3.63, 3.8) is 0 Å². The van der Waals surface area contributed by atoms with E-state index < -0.39 is 12.1 Å². The maximum absolute atomic E-state index is 13.9. The van der Waals surface area contributed by atoms with Gasteiger partial charge in [0, 0.05) is 43.4 Å². The normalized spacial score (nSPS) is 17.0. The number of hydrogen-bond donors (Lipinski definition) is 3. The van der Waals surface area contributed by atoms with Gasteiger partial charge >= 0.3 is 5.97 Å². The fraction of sp³-hybridized carbons (Fsp3) is 0.515. The summed E-state index contributed by atoms with van der Waals surface area (Å²) in [5, 5.41) is 20.9. The minimum Gasteiger partial charge on any atom is -0.494 e. The number of aliphatic carboxylic acids is 1. The number of amides is 1. The first-order chi connectivity index (χ1) is 20.8. The zero-order valence-electron chi connectivity index (χ0n) is 26.7. The van der Waals surface area contributed by atoms with E-state index in [-0.39, 0.29) is 35.6 Å². The van der Waals surface area contributed by atoms with E-state index >= 15 is 0 Å². The maximum atomic E-state index is 13.9. The number of methoxy groups -OCH3 is 1. The molecule has 2 atom stereocenters. The van der Waals surface area contributed by atoms with Gasteiger partial charge < -0.3 is 34.4 Å². The smallest absolute Gasteiger partial charge is 0.332 e. The number of carboxylic acids is 1. The molecule has 44 heavy (non-hydrogen) atoms. The summed E-state index contributed by atoms with van der Waals surface area (Å²) in [4.78, 5) is 41.7. The lowest BCUT2D eigenvalue weighted by molar-refractivity contribution is -0.153. The molecule has 2 aliphatic heterocycles. The third-order valence-corrected chi connectivity index (χ3v) is 8.14. The Morgan fingerprint density at radius 2 is 1.89 bits per heavy atom. The lowest BCUT2D eigenvalue weighted by Gasteiger charge is -2.29. The second kappa shape index (κ2) is 13.3. The zero-order valence-corrected chi connectivity index (χ0v) is 26.7. The first-order valence-electron chi connectivity index (χ1n) is 15.1. The molecule has 11 nitrogen and oxygen atoms in total. The average Bonchev–Trinajstić information content (AvgIpc) is 3.57. The van der Waals surface area contributed by atoms with Gasteiger partial charge in [-0.3, -0.25) is 15.0 Å². The number of nitrogens with zero attached hydrogens (tertiary/aromatic N) is 2. The second-order valence-corrected chi connectivity index (χ2v) is 12.2. The quantitative estimate of drug-likeness (QED) is 0.302. The Hall–Kier alpha value is -4.12. The molecule has 2 aromatic carbocycles. The number of anilines is 1. The van der Waals surface area contributed by atoms with Crippen LogP contribution in [0.1, 0.15) is 84.9 Å². The molecule has 2 aliphatic rings. The van der Waals surface area contributed by atoms with Gasteiger partial charge in [-0.25, -0.2) is 4.79 Å². The summed E-state index contributed by atoms with van der Waals surface area (Å²) in [5.41, 5.74) is 3.55. The van der Waals surface area contributed by atoms with E-state index in [1.54, 1.807) is 38.1 Å². The highest BCUT2D eigenvalue weighted by atomic mass is 16.5. The lowest BCUT2D eigenvalue weighted by Crippen LogP contribution is -2.32. The molecule has 0 spiro atoms. The van der Waals surface area contributed by atoms with Crippen LogP contribution in [0.2, 0.25) is 0 Å². The van der Waals surface area contributed by atoms with Crippen LogP contribution < -0.4 is 19.7 Å². The zero-order chi connectivity index (χ0) is 32.3. The van der Waals surface area contributed by atoms with Crippen molar-refractivity contribution in [3.05, 3.63) is 52.1 Å². The van der Waals surface area contributed by atoms with Gasteiger partial charge in [-0.05, 0) is 55.0 Å². The van der Waals surface area contributed by atoms with Gasteiger partial charge in [-0.2, -0.15) is 0 Å². The van der Waals surface area contributed by atoms with Crippen molar-refractivity contribution in [1.82, 2.24) is 10.2 Å². The van der Waals surface area contributed by atoms with Gasteiger partial charge in [0.1, 0.15) is 17.3 Å². The van der Waals surface area contributed by atoms with Crippen molar-refractivity contribution in [2.75, 3.05) is 45.3 Å². The Kier molecular flexibility index (Phi) is 9.88. The topological polar surface area (TPSA) is 141 Å². The molecule has 0 saturated carbocycles. The third-order valence-electron chi connectivity index (χ3n) is 8.14. The second-order valence-electron chi connectivity index (χ2n) is 12.2. The van der Waals surface area contributed by atoms with E-state index in [9.17, 15) is 19.5 Å². The number of benzene rings is 2. The summed E-state index contributed by atoms with van der Waals surface area (Å²) in [6.07, 6.45) is -0.0937. The fourth-order valence-corrected chi connectivity index (χ4v) is 5.82. The lowest BCUT2D eigenvalue weighted by atomic mass is 9.84. The van der Waals surface area contributed by atoms with Crippen LogP contribution in [0.15, 0.2) is 24.3 Å². The molecule has 0 aromatic heterocycles. The summed E-state index contributed by atoms with van der Waals surface area (Å²) in [6.45, 7) is 11.6. The summed E-state index contributed by atoms with van der Waals surface area (Å²) < 4.78 is 17.5. The number of fused-ring (bicyclic) bond motifs is 1. The molecule has 11 heteroatoms. The highest BCUT2D eigenvalue weighted by Crippen LogP contribution is 2.42. The number of carboxylic acid groups (broad SMARTS) is 1. The van der Waals surface area contributed by atoms with Crippen molar-refractivity contribution in [3.8, 4) is 11.5 Å². The number of ether oxygens (including phenoxy) is 3. The molecular weight excluding hydrogens is 564 g/mol. The fourth-order valence-electron chi connectivity index (χ4n) is 5.82. The number of carbonyl (C=O) groups excluding carboxylic acids is 2. The summed E-state index contributed by atoms with van der Waals surface area (Å²) in [5.74, 6) is -0.136. The van der Waals surface area contributed by atoms with Crippen LogP contribution in [-0.2, 0) is 21.5 Å². The minimum atomic E-state index is -0.972. The molecular formula is C33H44N4O7. The summed E-state index contributed by atoms with van der Waals surface area (Å²) in [7, 11) is 3.16. The van der Waals surface area contributed by atoms with E-state index in [1.807, 2.05) is 19.1 Å². The van der Waals surface area contributed by atoms with Gasteiger partial charge in [0.15, 0.2) is 11.9 Å². The first kappa shape index (κ1) is 32.8. The molecule has 0 aliphatic carbocycles. The van der Waals surface area contributed by atoms with Crippen LogP contribution in [0.4, 0.5) is 5.69 Å². The van der Waals surface area contributed by atoms with E-state index in [2.05, 4.69) is 31.0 Å². The Morgan fingerprint density at radius 3 is 2.48 bits per heavy atom. The van der Waals surface area contributed by atoms with Crippen LogP contribution in [0.25, 0.3) is 0 Å². The van der Waals surface area contributed by atoms with Crippen molar-refractivity contribution in [2.24, 2.45) is 0 Å². The van der Waals surface area contributed by atoms with Crippen LogP contribution in [0, 0.1) is 5.41 Å². The first-order valence-corrected chi connectivity index (χ1v) is 15.1. The SMILES string of the molecule is CCOc1cc2c(cc1C(=O)NC)C(=N)N(CC(=O)c1cc(N3CCC(OC(CC)C(=O)O)C3)c(OC)c(C(C)(C)C)c1)C2. The van der Waals surface area contributed by atoms with Gasteiger partial charge in [0.2, 0.25) is 0 Å². The molecule has 4 rings (SSSR count). The molecule has 2 heterocycles. The van der Waals surface area contributed by atoms with Crippen molar-refractivity contribution in [1.29, 1.82) is 5.41 Å². The van der Waals surface area contributed by atoms with E-state index in [0.717, 1.165) is 16.8 Å². The van der Waals surface area contributed by atoms with Crippen LogP contribution in [-0.4, -0.2) is 86.1 Å². The molecule has 0 bridgehead atoms. The highest BCUT2D eigenvalue weighted by molar-refractivity contribution is 6.08. The molecule has 238 valence electrons. The van der Waals surface area contributed by atoms with Crippen LogP contribution in [0.3, 0.4) is 0 Å². The van der Waals surface area contributed by atoms with Crippen molar-refractivity contribution in [2.45, 2.75) is 71.6 Å². The Bertz CT molecular complexity index is 1450. The minimum absolute atomic E-state index is 0.0231. The van der Waals surface area contributed by atoms with Crippen molar-refractivity contribution >= 4 is 29.2 Å². The molecule has 2 unspecified atom stereocenters. The summed E-state index contributed by atoms with van der Waals surface area (Å²) in [6, 6.07) is 7.15. The predicted molar refractivity (Wildman–Crippen MR) is 168 cm³/mol. The Labute approximate surface area is 259 Å². The molecule has 0 radical (unpaired) electrons. The number of hydrogen-bond acceptors (Lipinski definition) is 8. The monoisotopic (exact) mass is 608 g/mol. The van der Waals surface area contributed by atoms with Crippen LogP contribution >= 0.6 is 0 Å².